The van der Waals surface area contributed by atoms with Gasteiger partial charge >= 0.3 is 0 Å². The maximum Gasteiger partial charge on any atom is 0.0105 e. The van der Waals surface area contributed by atoms with E-state index in [1.165, 1.54) is 19.5 Å². The highest BCUT2D eigenvalue weighted by Crippen LogP contribution is 2.13. The maximum absolute atomic E-state index is 5.41. The van der Waals surface area contributed by atoms with Crippen LogP contribution in [0.2, 0.25) is 0 Å². The van der Waals surface area contributed by atoms with Crippen molar-refractivity contribution in [2.24, 2.45) is 11.7 Å². The fourth-order valence-electron chi connectivity index (χ4n) is 1.41. The Bertz CT molecular complexity index is 81.0. The molecule has 1 fully saturated rings. The largest absolute Gasteiger partial charge is 0.329 e. The summed E-state index contributed by atoms with van der Waals surface area (Å²) in [4.78, 5) is 2.44. The van der Waals surface area contributed by atoms with Crippen LogP contribution in [0.1, 0.15) is 13.3 Å². The van der Waals surface area contributed by atoms with Gasteiger partial charge < -0.3 is 10.6 Å². The molecule has 0 aromatic carbocycles. The molecule has 1 rings (SSSR count). The minimum Gasteiger partial charge on any atom is -0.329 e. The molecule has 0 amide bonds. The zero-order chi connectivity index (χ0) is 6.69. The van der Waals surface area contributed by atoms with E-state index in [4.69, 9.17) is 5.73 Å². The van der Waals surface area contributed by atoms with Crippen LogP contribution in [0.5, 0.6) is 0 Å². The van der Waals surface area contributed by atoms with Gasteiger partial charge in [-0.15, -0.1) is 0 Å². The first-order chi connectivity index (χ1) is 4.33. The van der Waals surface area contributed by atoms with Crippen LogP contribution < -0.4 is 5.73 Å². The molecule has 9 heavy (non-hydrogen) atoms. The molecule has 0 saturated carbocycles. The molecule has 1 atom stereocenters. The first-order valence-corrected chi connectivity index (χ1v) is 3.75. The van der Waals surface area contributed by atoms with Crippen molar-refractivity contribution in [3.8, 4) is 0 Å². The second-order valence-electron chi connectivity index (χ2n) is 2.98. The summed E-state index contributed by atoms with van der Waals surface area (Å²) < 4.78 is 0. The van der Waals surface area contributed by atoms with Crippen molar-refractivity contribution in [3.05, 3.63) is 0 Å². The average molecular weight is 128 g/mol. The van der Waals surface area contributed by atoms with Crippen molar-refractivity contribution >= 4 is 0 Å². The van der Waals surface area contributed by atoms with Crippen molar-refractivity contribution < 1.29 is 0 Å². The topological polar surface area (TPSA) is 29.3 Å². The number of nitrogens with zero attached hydrogens (tertiary/aromatic N) is 1. The van der Waals surface area contributed by atoms with Gasteiger partial charge in [0.1, 0.15) is 0 Å². The van der Waals surface area contributed by atoms with Crippen LogP contribution in [0.25, 0.3) is 0 Å². The summed E-state index contributed by atoms with van der Waals surface area (Å²) in [6.07, 6.45) is 1.36. The lowest BCUT2D eigenvalue weighted by Crippen LogP contribution is -2.26. The third-order valence-corrected chi connectivity index (χ3v) is 1.95. The Morgan fingerprint density at radius 2 is 2.44 bits per heavy atom. The molecule has 0 spiro atoms. The highest BCUT2D eigenvalue weighted by molar-refractivity contribution is 4.71. The van der Waals surface area contributed by atoms with Gasteiger partial charge in [-0.1, -0.05) is 6.92 Å². The monoisotopic (exact) mass is 128 g/mol. The van der Waals surface area contributed by atoms with Gasteiger partial charge in [0.05, 0.1) is 0 Å². The smallest absolute Gasteiger partial charge is 0.0105 e. The average Bonchev–Trinajstić information content (AvgIpc) is 2.17. The van der Waals surface area contributed by atoms with Gasteiger partial charge in [-0.25, -0.2) is 0 Å². The molecule has 0 aromatic heterocycles. The lowest BCUT2D eigenvalue weighted by atomic mass is 10.2. The Balaban J connectivity index is 2.14. The second kappa shape index (κ2) is 3.18. The van der Waals surface area contributed by atoms with E-state index in [0.29, 0.717) is 0 Å². The Labute approximate surface area is 57.0 Å². The quantitative estimate of drug-likeness (QED) is 0.579. The molecule has 1 aliphatic heterocycles. The summed E-state index contributed by atoms with van der Waals surface area (Å²) in [7, 11) is 0. The van der Waals surface area contributed by atoms with Gasteiger partial charge in [0.25, 0.3) is 0 Å². The summed E-state index contributed by atoms with van der Waals surface area (Å²) >= 11 is 0. The van der Waals surface area contributed by atoms with Crippen molar-refractivity contribution in [3.63, 3.8) is 0 Å². The molecule has 0 aromatic rings. The fourth-order valence-corrected chi connectivity index (χ4v) is 1.41. The summed E-state index contributed by atoms with van der Waals surface area (Å²) in [5.74, 6) is 0.900. The SMILES string of the molecule is C[C@@H]1CCN(CCN)C1. The first kappa shape index (κ1) is 7.03. The van der Waals surface area contributed by atoms with Crippen LogP contribution in [0, 0.1) is 5.92 Å². The third-order valence-electron chi connectivity index (χ3n) is 1.95. The summed E-state index contributed by atoms with van der Waals surface area (Å²) in [6, 6.07) is 0. The molecule has 54 valence electrons. The normalized spacial score (nSPS) is 29.3. The molecular formula is C7H16N2. The molecule has 0 bridgehead atoms. The third kappa shape index (κ3) is 1.95. The number of likely N-dealkylation sites (tertiary alicyclic amines) is 1. The second-order valence-corrected chi connectivity index (χ2v) is 2.98. The number of hydrogen-bond acceptors (Lipinski definition) is 2. The van der Waals surface area contributed by atoms with Gasteiger partial charge in [0, 0.05) is 19.6 Å². The van der Waals surface area contributed by atoms with Crippen molar-refractivity contribution in [1.29, 1.82) is 0 Å². The van der Waals surface area contributed by atoms with Crippen LogP contribution in [0.4, 0.5) is 0 Å². The highest BCUT2D eigenvalue weighted by Gasteiger charge is 2.16. The molecule has 2 N–H and O–H groups in total. The van der Waals surface area contributed by atoms with E-state index in [1.54, 1.807) is 0 Å². The van der Waals surface area contributed by atoms with Crippen molar-refractivity contribution in [1.82, 2.24) is 4.90 Å². The fraction of sp³-hybridized carbons (Fsp3) is 1.00. The number of nitrogens with two attached hydrogens (primary N) is 1. The van der Waals surface area contributed by atoms with E-state index < -0.39 is 0 Å². The van der Waals surface area contributed by atoms with Crippen LogP contribution in [0.15, 0.2) is 0 Å². The Morgan fingerprint density at radius 1 is 1.67 bits per heavy atom. The minimum absolute atomic E-state index is 0.812. The maximum atomic E-state index is 5.41. The molecule has 0 unspecified atom stereocenters. The Morgan fingerprint density at radius 3 is 2.89 bits per heavy atom. The molecule has 2 heteroatoms. The number of rotatable bonds is 2. The molecule has 0 aliphatic carbocycles. The van der Waals surface area contributed by atoms with Crippen molar-refractivity contribution in [2.75, 3.05) is 26.2 Å². The molecule has 1 saturated heterocycles. The Hall–Kier alpha value is -0.0800. The van der Waals surface area contributed by atoms with Gasteiger partial charge in [0.15, 0.2) is 0 Å². The van der Waals surface area contributed by atoms with Gasteiger partial charge in [-0.3, -0.25) is 0 Å². The van der Waals surface area contributed by atoms with Crippen LogP contribution >= 0.6 is 0 Å². The lowest BCUT2D eigenvalue weighted by Gasteiger charge is -2.12. The Kier molecular flexibility index (Phi) is 2.49. The van der Waals surface area contributed by atoms with Crippen LogP contribution in [-0.4, -0.2) is 31.1 Å². The molecule has 1 aliphatic rings. The summed E-state index contributed by atoms with van der Waals surface area (Å²) in [6.45, 7) is 6.73. The van der Waals surface area contributed by atoms with E-state index in [9.17, 15) is 0 Å². The van der Waals surface area contributed by atoms with E-state index in [0.717, 1.165) is 19.0 Å². The molecule has 2 nitrogen and oxygen atoms in total. The predicted molar refractivity (Wildman–Crippen MR) is 39.3 cm³/mol. The van der Waals surface area contributed by atoms with Crippen LogP contribution in [-0.2, 0) is 0 Å². The zero-order valence-electron chi connectivity index (χ0n) is 6.14. The molecular weight excluding hydrogens is 112 g/mol. The number of hydrogen-bond donors (Lipinski definition) is 1. The highest BCUT2D eigenvalue weighted by atomic mass is 15.1. The summed E-state index contributed by atoms with van der Waals surface area (Å²) in [5.41, 5.74) is 5.41. The standard InChI is InChI=1S/C7H16N2/c1-7-2-4-9(6-7)5-3-8/h7H,2-6,8H2,1H3/t7-/m1/s1. The predicted octanol–water partition coefficient (Wildman–Crippen LogP) is 0.287. The molecule has 0 radical (unpaired) electrons. The van der Waals surface area contributed by atoms with E-state index in [1.807, 2.05) is 0 Å². The van der Waals surface area contributed by atoms with E-state index in [-0.39, 0.29) is 0 Å². The minimum atomic E-state index is 0.812. The first-order valence-electron chi connectivity index (χ1n) is 3.75. The van der Waals surface area contributed by atoms with Crippen LogP contribution in [0.3, 0.4) is 0 Å². The van der Waals surface area contributed by atoms with Gasteiger partial charge in [0.2, 0.25) is 0 Å². The zero-order valence-corrected chi connectivity index (χ0v) is 6.14. The van der Waals surface area contributed by atoms with Crippen molar-refractivity contribution in [2.45, 2.75) is 13.3 Å². The van der Waals surface area contributed by atoms with Gasteiger partial charge in [-0.2, -0.15) is 0 Å². The van der Waals surface area contributed by atoms with Gasteiger partial charge in [-0.05, 0) is 18.9 Å². The molecule has 1 heterocycles. The summed E-state index contributed by atoms with van der Waals surface area (Å²) in [5, 5.41) is 0. The lowest BCUT2D eigenvalue weighted by molar-refractivity contribution is 0.337. The van der Waals surface area contributed by atoms with E-state index >= 15 is 0 Å². The van der Waals surface area contributed by atoms with E-state index in [2.05, 4.69) is 11.8 Å².